The maximum Gasteiger partial charge on any atom is 0.256 e. The number of amides is 1. The van der Waals surface area contributed by atoms with Crippen molar-refractivity contribution in [3.63, 3.8) is 0 Å². The minimum atomic E-state index is 0.0718. The monoisotopic (exact) mass is 325 g/mol. The largest absolute Gasteiger partial charge is 0.379 e. The van der Waals surface area contributed by atoms with Gasteiger partial charge in [-0.3, -0.25) is 4.79 Å². The number of benzene rings is 1. The van der Waals surface area contributed by atoms with Gasteiger partial charge in [0.05, 0.1) is 24.8 Å². The maximum atomic E-state index is 13.1. The Balaban J connectivity index is 1.90. The lowest BCUT2D eigenvalue weighted by Gasteiger charge is -2.21. The van der Waals surface area contributed by atoms with Crippen LogP contribution in [0.5, 0.6) is 0 Å². The number of rotatable bonds is 4. The van der Waals surface area contributed by atoms with Crippen molar-refractivity contribution in [3.05, 3.63) is 36.0 Å². The molecule has 24 heavy (non-hydrogen) atoms. The quantitative estimate of drug-likeness (QED) is 0.812. The third-order valence-corrected chi connectivity index (χ3v) is 4.43. The highest BCUT2D eigenvalue weighted by molar-refractivity contribution is 6.07. The zero-order valence-corrected chi connectivity index (χ0v) is 14.1. The van der Waals surface area contributed by atoms with E-state index in [-0.39, 0.29) is 5.91 Å². The zero-order valence-electron chi connectivity index (χ0n) is 14.1. The van der Waals surface area contributed by atoms with E-state index in [1.807, 2.05) is 35.4 Å². The second kappa shape index (κ2) is 7.50. The number of hydrogen-bond acceptors (Lipinski definition) is 3. The summed E-state index contributed by atoms with van der Waals surface area (Å²) in [5.74, 6) is 0.419. The predicted octanol–water partition coefficient (Wildman–Crippen LogP) is 3.05. The van der Waals surface area contributed by atoms with E-state index in [2.05, 4.69) is 17.6 Å². The molecule has 1 atom stereocenters. The highest BCUT2D eigenvalue weighted by Gasteiger charge is 2.24. The third-order valence-electron chi connectivity index (χ3n) is 4.43. The van der Waals surface area contributed by atoms with Gasteiger partial charge in [0, 0.05) is 43.2 Å². The van der Waals surface area contributed by atoms with Gasteiger partial charge in [-0.1, -0.05) is 25.1 Å². The first-order chi connectivity index (χ1) is 11.7. The molecule has 0 aliphatic carbocycles. The van der Waals surface area contributed by atoms with Crippen LogP contribution in [0.2, 0.25) is 0 Å². The fourth-order valence-corrected chi connectivity index (χ4v) is 3.26. The van der Waals surface area contributed by atoms with Crippen LogP contribution in [0.4, 0.5) is 0 Å². The number of unbranched alkanes of at least 4 members (excludes halogenated alkanes) is 1. The van der Waals surface area contributed by atoms with Gasteiger partial charge < -0.3 is 14.2 Å². The van der Waals surface area contributed by atoms with Crippen LogP contribution in [0.25, 0.3) is 10.9 Å². The molecule has 1 aliphatic rings. The van der Waals surface area contributed by atoms with Crippen molar-refractivity contribution < 1.29 is 9.53 Å². The summed E-state index contributed by atoms with van der Waals surface area (Å²) < 4.78 is 7.65. The van der Waals surface area contributed by atoms with Gasteiger partial charge in [-0.2, -0.15) is 5.26 Å². The Morgan fingerprint density at radius 2 is 2.25 bits per heavy atom. The molecule has 0 N–H and O–H groups in total. The fraction of sp³-hybridized carbons (Fsp3) is 0.474. The van der Waals surface area contributed by atoms with Crippen molar-refractivity contribution >= 4 is 16.8 Å². The van der Waals surface area contributed by atoms with Gasteiger partial charge in [0.2, 0.25) is 0 Å². The normalized spacial score (nSPS) is 18.3. The van der Waals surface area contributed by atoms with Crippen LogP contribution in [-0.2, 0) is 11.3 Å². The van der Waals surface area contributed by atoms with Crippen LogP contribution in [0.1, 0.15) is 30.1 Å². The number of aromatic nitrogens is 1. The van der Waals surface area contributed by atoms with E-state index in [1.165, 1.54) is 0 Å². The molecule has 1 unspecified atom stereocenters. The SMILES string of the molecule is CC1COCCN(C(=O)c2cn(CCCC#N)c3ccccc23)C1. The Kier molecular flexibility index (Phi) is 5.17. The first kappa shape index (κ1) is 16.5. The third kappa shape index (κ3) is 3.44. The number of nitrogens with zero attached hydrogens (tertiary/aromatic N) is 3. The molecule has 1 saturated heterocycles. The first-order valence-corrected chi connectivity index (χ1v) is 8.52. The summed E-state index contributed by atoms with van der Waals surface area (Å²) in [5, 5.41) is 9.72. The van der Waals surface area contributed by atoms with Crippen LogP contribution < -0.4 is 0 Å². The Morgan fingerprint density at radius 3 is 3.08 bits per heavy atom. The lowest BCUT2D eigenvalue weighted by atomic mass is 10.1. The van der Waals surface area contributed by atoms with E-state index in [0.29, 0.717) is 32.1 Å². The molecule has 1 amide bonds. The maximum absolute atomic E-state index is 13.1. The van der Waals surface area contributed by atoms with Crippen LogP contribution in [0.3, 0.4) is 0 Å². The number of hydrogen-bond donors (Lipinski definition) is 0. The number of ether oxygens (including phenoxy) is 1. The van der Waals surface area contributed by atoms with E-state index in [0.717, 1.165) is 36.0 Å². The molecule has 1 fully saturated rings. The molecule has 1 aromatic heterocycles. The van der Waals surface area contributed by atoms with Crippen molar-refractivity contribution in [2.45, 2.75) is 26.3 Å². The minimum Gasteiger partial charge on any atom is -0.379 e. The highest BCUT2D eigenvalue weighted by Crippen LogP contribution is 2.24. The molecule has 1 aliphatic heterocycles. The van der Waals surface area contributed by atoms with Gasteiger partial charge in [0.15, 0.2) is 0 Å². The molecule has 5 heteroatoms. The lowest BCUT2D eigenvalue weighted by molar-refractivity contribution is 0.0740. The van der Waals surface area contributed by atoms with Gasteiger partial charge in [-0.15, -0.1) is 0 Å². The van der Waals surface area contributed by atoms with Crippen molar-refractivity contribution in [1.29, 1.82) is 5.26 Å². The Labute approximate surface area is 142 Å². The molecule has 3 rings (SSSR count). The van der Waals surface area contributed by atoms with Crippen LogP contribution in [0.15, 0.2) is 30.5 Å². The van der Waals surface area contributed by atoms with Crippen molar-refractivity contribution in [3.8, 4) is 6.07 Å². The molecular weight excluding hydrogens is 302 g/mol. The van der Waals surface area contributed by atoms with Gasteiger partial charge in [-0.25, -0.2) is 0 Å². The Hall–Kier alpha value is -2.32. The number of nitriles is 1. The molecule has 0 bridgehead atoms. The number of carbonyl (C=O) groups excluding carboxylic acids is 1. The van der Waals surface area contributed by atoms with Gasteiger partial charge >= 0.3 is 0 Å². The Bertz CT molecular complexity index is 760. The average molecular weight is 325 g/mol. The average Bonchev–Trinajstić information content (AvgIpc) is 2.81. The molecular formula is C19H23N3O2. The second-order valence-electron chi connectivity index (χ2n) is 6.45. The number of fused-ring (bicyclic) bond motifs is 1. The number of para-hydroxylation sites is 1. The molecule has 126 valence electrons. The standard InChI is InChI=1S/C19H23N3O2/c1-15-12-22(10-11-24-14-15)19(23)17-13-21(9-5-4-8-20)18-7-3-2-6-16(17)18/h2-3,6-7,13,15H,4-5,9-12,14H2,1H3. The molecule has 0 spiro atoms. The van der Waals surface area contributed by atoms with Gasteiger partial charge in [0.1, 0.15) is 0 Å². The highest BCUT2D eigenvalue weighted by atomic mass is 16.5. The van der Waals surface area contributed by atoms with Gasteiger partial charge in [-0.05, 0) is 18.4 Å². The zero-order chi connectivity index (χ0) is 16.9. The van der Waals surface area contributed by atoms with E-state index in [1.54, 1.807) is 0 Å². The summed E-state index contributed by atoms with van der Waals surface area (Å²) in [7, 11) is 0. The lowest BCUT2D eigenvalue weighted by Crippen LogP contribution is -2.35. The molecule has 0 saturated carbocycles. The number of aryl methyl sites for hydroxylation is 1. The smallest absolute Gasteiger partial charge is 0.256 e. The summed E-state index contributed by atoms with van der Waals surface area (Å²) in [6.45, 7) is 5.53. The molecule has 0 radical (unpaired) electrons. The van der Waals surface area contributed by atoms with Crippen LogP contribution >= 0.6 is 0 Å². The molecule has 1 aromatic carbocycles. The topological polar surface area (TPSA) is 58.3 Å². The predicted molar refractivity (Wildman–Crippen MR) is 92.7 cm³/mol. The van der Waals surface area contributed by atoms with Gasteiger partial charge in [0.25, 0.3) is 5.91 Å². The van der Waals surface area contributed by atoms with E-state index < -0.39 is 0 Å². The first-order valence-electron chi connectivity index (χ1n) is 8.52. The van der Waals surface area contributed by atoms with Crippen LogP contribution in [0, 0.1) is 17.2 Å². The van der Waals surface area contributed by atoms with Crippen LogP contribution in [-0.4, -0.2) is 41.7 Å². The van der Waals surface area contributed by atoms with Crippen molar-refractivity contribution in [2.24, 2.45) is 5.92 Å². The van der Waals surface area contributed by atoms with E-state index in [4.69, 9.17) is 10.00 Å². The summed E-state index contributed by atoms with van der Waals surface area (Å²) in [6, 6.07) is 10.2. The van der Waals surface area contributed by atoms with E-state index >= 15 is 0 Å². The van der Waals surface area contributed by atoms with E-state index in [9.17, 15) is 4.79 Å². The van der Waals surface area contributed by atoms with Crippen molar-refractivity contribution in [2.75, 3.05) is 26.3 Å². The minimum absolute atomic E-state index is 0.0718. The van der Waals surface area contributed by atoms with Crippen molar-refractivity contribution in [1.82, 2.24) is 9.47 Å². The summed E-state index contributed by atoms with van der Waals surface area (Å²) >= 11 is 0. The molecule has 2 aromatic rings. The fourth-order valence-electron chi connectivity index (χ4n) is 3.26. The summed E-state index contributed by atoms with van der Waals surface area (Å²) in [6.07, 6.45) is 3.26. The Morgan fingerprint density at radius 1 is 1.42 bits per heavy atom. The number of carbonyl (C=O) groups is 1. The summed E-state index contributed by atoms with van der Waals surface area (Å²) in [5.41, 5.74) is 1.80. The molecule has 5 nitrogen and oxygen atoms in total. The molecule has 2 heterocycles. The summed E-state index contributed by atoms with van der Waals surface area (Å²) in [4.78, 5) is 15.0. The second-order valence-corrected chi connectivity index (χ2v) is 6.45.